The van der Waals surface area contributed by atoms with Crippen LogP contribution in [-0.2, 0) is 0 Å². The topological polar surface area (TPSA) is 20.2 Å². The van der Waals surface area contributed by atoms with Crippen molar-refractivity contribution in [2.24, 2.45) is 5.92 Å². The second-order valence-corrected chi connectivity index (χ2v) is 6.23. The Morgan fingerprint density at radius 2 is 2.14 bits per heavy atom. The molecule has 1 nitrogen and oxygen atoms in total. The van der Waals surface area contributed by atoms with E-state index in [1.54, 1.807) is 5.57 Å². The van der Waals surface area contributed by atoms with Crippen LogP contribution in [0.25, 0.3) is 0 Å². The summed E-state index contributed by atoms with van der Waals surface area (Å²) in [6, 6.07) is 9.84. The first-order valence-electron chi connectivity index (χ1n) is 8.57. The zero-order valence-electron chi connectivity index (χ0n) is 13.7. The highest BCUT2D eigenvalue weighted by molar-refractivity contribution is 5.27. The third-order valence-electron chi connectivity index (χ3n) is 4.63. The molecule has 22 heavy (non-hydrogen) atoms. The van der Waals surface area contributed by atoms with Crippen molar-refractivity contribution in [1.82, 2.24) is 0 Å². The maximum Gasteiger partial charge on any atom is 0.107 e. The molecule has 2 atom stereocenters. The second-order valence-electron chi connectivity index (χ2n) is 6.23. The highest BCUT2D eigenvalue weighted by atomic mass is 16.3. The summed E-state index contributed by atoms with van der Waals surface area (Å²) >= 11 is 0. The van der Waals surface area contributed by atoms with E-state index in [1.165, 1.54) is 38.5 Å². The van der Waals surface area contributed by atoms with Crippen molar-refractivity contribution in [1.29, 1.82) is 0 Å². The lowest BCUT2D eigenvalue weighted by Gasteiger charge is -2.27. The van der Waals surface area contributed by atoms with Crippen LogP contribution >= 0.6 is 0 Å². The largest absolute Gasteiger partial charge is 0.383 e. The quantitative estimate of drug-likeness (QED) is 0.524. The van der Waals surface area contributed by atoms with Gasteiger partial charge in [0.05, 0.1) is 0 Å². The van der Waals surface area contributed by atoms with E-state index in [2.05, 4.69) is 25.3 Å². The van der Waals surface area contributed by atoms with Crippen LogP contribution in [0.15, 0.2) is 59.9 Å². The molecular formula is C21H28O. The van der Waals surface area contributed by atoms with E-state index in [9.17, 15) is 5.11 Å². The van der Waals surface area contributed by atoms with Gasteiger partial charge in [-0.25, -0.2) is 0 Å². The minimum absolute atomic E-state index is 0.558. The SMILES string of the molecule is C=C=C(CC1CCCC/C1=C/CCC)C(O)c1ccccc1. The molecule has 118 valence electrons. The Bertz CT molecular complexity index is 534. The predicted molar refractivity (Wildman–Crippen MR) is 93.6 cm³/mol. The molecule has 0 saturated heterocycles. The van der Waals surface area contributed by atoms with Crippen molar-refractivity contribution in [3.05, 3.63) is 65.4 Å². The number of allylic oxidation sites excluding steroid dienone is 2. The molecule has 1 aromatic rings. The summed E-state index contributed by atoms with van der Waals surface area (Å²) in [7, 11) is 0. The van der Waals surface area contributed by atoms with Crippen LogP contribution in [0.1, 0.15) is 63.5 Å². The summed E-state index contributed by atoms with van der Waals surface area (Å²) in [5.41, 5.74) is 6.46. The summed E-state index contributed by atoms with van der Waals surface area (Å²) in [6.07, 6.45) is 10.1. The van der Waals surface area contributed by atoms with Crippen LogP contribution in [0.5, 0.6) is 0 Å². The first-order chi connectivity index (χ1) is 10.8. The normalized spacial score (nSPS) is 21.4. The first kappa shape index (κ1) is 16.8. The summed E-state index contributed by atoms with van der Waals surface area (Å²) in [5.74, 6) is 0.558. The van der Waals surface area contributed by atoms with Gasteiger partial charge in [0, 0.05) is 5.57 Å². The third-order valence-corrected chi connectivity index (χ3v) is 4.63. The lowest BCUT2D eigenvalue weighted by atomic mass is 9.78. The van der Waals surface area contributed by atoms with E-state index in [4.69, 9.17) is 0 Å². The minimum Gasteiger partial charge on any atom is -0.383 e. The summed E-state index contributed by atoms with van der Waals surface area (Å²) < 4.78 is 0. The highest BCUT2D eigenvalue weighted by Gasteiger charge is 2.23. The smallest absolute Gasteiger partial charge is 0.107 e. The maximum absolute atomic E-state index is 10.6. The Balaban J connectivity index is 2.10. The Labute approximate surface area is 135 Å². The number of unbranched alkanes of at least 4 members (excludes halogenated alkanes) is 1. The molecule has 1 aromatic carbocycles. The van der Waals surface area contributed by atoms with E-state index in [-0.39, 0.29) is 0 Å². The van der Waals surface area contributed by atoms with Crippen LogP contribution in [0.4, 0.5) is 0 Å². The second kappa shape index (κ2) is 8.78. The molecule has 1 aliphatic rings. The van der Waals surface area contributed by atoms with Crippen molar-refractivity contribution in [3.8, 4) is 0 Å². The van der Waals surface area contributed by atoms with E-state index in [1.807, 2.05) is 30.3 Å². The maximum atomic E-state index is 10.6. The van der Waals surface area contributed by atoms with Crippen LogP contribution < -0.4 is 0 Å². The zero-order valence-corrected chi connectivity index (χ0v) is 13.7. The number of aliphatic hydroxyl groups excluding tert-OH is 1. The van der Waals surface area contributed by atoms with Gasteiger partial charge in [0.1, 0.15) is 6.10 Å². The van der Waals surface area contributed by atoms with Gasteiger partial charge in [0.15, 0.2) is 0 Å². The highest BCUT2D eigenvalue weighted by Crippen LogP contribution is 2.37. The van der Waals surface area contributed by atoms with E-state index in [0.717, 1.165) is 17.6 Å². The molecular weight excluding hydrogens is 268 g/mol. The number of benzene rings is 1. The molecule has 0 heterocycles. The van der Waals surface area contributed by atoms with Crippen molar-refractivity contribution in [2.45, 2.75) is 58.0 Å². The van der Waals surface area contributed by atoms with Gasteiger partial charge in [-0.1, -0.05) is 68.3 Å². The molecule has 0 bridgehead atoms. The van der Waals surface area contributed by atoms with E-state index in [0.29, 0.717) is 5.92 Å². The van der Waals surface area contributed by atoms with Crippen LogP contribution in [0.3, 0.4) is 0 Å². The molecule has 0 spiro atoms. The number of aliphatic hydroxyl groups is 1. The van der Waals surface area contributed by atoms with Gasteiger partial charge in [-0.2, -0.15) is 0 Å². The Morgan fingerprint density at radius 1 is 1.36 bits per heavy atom. The van der Waals surface area contributed by atoms with E-state index >= 15 is 0 Å². The van der Waals surface area contributed by atoms with Gasteiger partial charge in [0.25, 0.3) is 0 Å². The fourth-order valence-corrected chi connectivity index (χ4v) is 3.32. The van der Waals surface area contributed by atoms with Gasteiger partial charge < -0.3 is 5.11 Å². The lowest BCUT2D eigenvalue weighted by molar-refractivity contribution is 0.206. The van der Waals surface area contributed by atoms with Gasteiger partial charge in [-0.3, -0.25) is 0 Å². The lowest BCUT2D eigenvalue weighted by Crippen LogP contribution is -2.13. The molecule has 2 unspecified atom stereocenters. The summed E-state index contributed by atoms with van der Waals surface area (Å²) in [6.45, 7) is 6.04. The van der Waals surface area contributed by atoms with Crippen molar-refractivity contribution >= 4 is 0 Å². The predicted octanol–water partition coefficient (Wildman–Crippen LogP) is 5.74. The van der Waals surface area contributed by atoms with Gasteiger partial charge in [-0.15, -0.1) is 5.73 Å². The van der Waals surface area contributed by atoms with E-state index < -0.39 is 6.10 Å². The third kappa shape index (κ3) is 4.47. The van der Waals surface area contributed by atoms with Gasteiger partial charge in [-0.05, 0) is 43.6 Å². The van der Waals surface area contributed by atoms with Gasteiger partial charge >= 0.3 is 0 Å². The molecule has 1 heteroatoms. The standard InChI is InChI=1S/C21H28O/c1-3-5-11-18-12-9-10-15-20(18)16-17(4-2)21(22)19-13-7-6-8-14-19/h6-8,11,13-14,20-22H,2-3,5,9-10,12,15-16H2,1H3/b18-11-. The fraction of sp³-hybridized carbons (Fsp3) is 0.476. The Hall–Kier alpha value is -1.56. The molecule has 0 aromatic heterocycles. The summed E-state index contributed by atoms with van der Waals surface area (Å²) in [5, 5.41) is 10.6. The Kier molecular flexibility index (Phi) is 6.71. The number of rotatable bonds is 6. The molecule has 0 radical (unpaired) electrons. The van der Waals surface area contributed by atoms with Gasteiger partial charge in [0.2, 0.25) is 0 Å². The average Bonchev–Trinajstić information content (AvgIpc) is 2.59. The molecule has 1 aliphatic carbocycles. The number of hydrogen-bond donors (Lipinski definition) is 1. The monoisotopic (exact) mass is 296 g/mol. The zero-order chi connectivity index (χ0) is 15.8. The van der Waals surface area contributed by atoms with Crippen molar-refractivity contribution in [3.63, 3.8) is 0 Å². The fourth-order valence-electron chi connectivity index (χ4n) is 3.32. The molecule has 1 N–H and O–H groups in total. The average molecular weight is 296 g/mol. The molecule has 0 aliphatic heterocycles. The van der Waals surface area contributed by atoms with Crippen LogP contribution in [0.2, 0.25) is 0 Å². The van der Waals surface area contributed by atoms with Crippen LogP contribution in [0, 0.1) is 5.92 Å². The Morgan fingerprint density at radius 3 is 2.82 bits per heavy atom. The number of hydrogen-bond acceptors (Lipinski definition) is 1. The molecule has 1 fully saturated rings. The van der Waals surface area contributed by atoms with Crippen molar-refractivity contribution in [2.75, 3.05) is 0 Å². The van der Waals surface area contributed by atoms with Crippen LogP contribution in [-0.4, -0.2) is 5.11 Å². The first-order valence-corrected chi connectivity index (χ1v) is 8.57. The summed E-state index contributed by atoms with van der Waals surface area (Å²) in [4.78, 5) is 0. The minimum atomic E-state index is -0.576. The van der Waals surface area contributed by atoms with Crippen molar-refractivity contribution < 1.29 is 5.11 Å². The molecule has 2 rings (SSSR count). The molecule has 0 amide bonds. The molecule has 1 saturated carbocycles.